The molecule has 1 N–H and O–H groups in total. The highest BCUT2D eigenvalue weighted by Crippen LogP contribution is 2.21. The molecular weight excluding hydrogens is 222 g/mol. The van der Waals surface area contributed by atoms with Crippen molar-refractivity contribution in [2.75, 3.05) is 21.0 Å². The minimum Gasteiger partial charge on any atom is -0.467 e. The summed E-state index contributed by atoms with van der Waals surface area (Å²) >= 11 is 0. The number of ether oxygens (including phenoxy) is 3. The number of nitrogens with one attached hydrogen (secondary N) is 1. The van der Waals surface area contributed by atoms with E-state index in [9.17, 15) is 4.79 Å². The molecule has 0 atom stereocenters. The fourth-order valence-electron chi connectivity index (χ4n) is 1.54. The van der Waals surface area contributed by atoms with Crippen LogP contribution in [0.25, 0.3) is 10.9 Å². The second-order valence-corrected chi connectivity index (χ2v) is 3.47. The van der Waals surface area contributed by atoms with Crippen molar-refractivity contribution in [1.29, 1.82) is 0 Å². The molecular formula is C12H13NO4. The summed E-state index contributed by atoms with van der Waals surface area (Å²) in [5.74, 6) is 0.290. The first-order valence-electron chi connectivity index (χ1n) is 5.07. The molecule has 0 radical (unpaired) electrons. The molecule has 0 unspecified atom stereocenters. The van der Waals surface area contributed by atoms with E-state index in [0.29, 0.717) is 11.4 Å². The summed E-state index contributed by atoms with van der Waals surface area (Å²) < 4.78 is 14.8. The van der Waals surface area contributed by atoms with Gasteiger partial charge in [-0.15, -0.1) is 0 Å². The molecule has 0 aliphatic heterocycles. The van der Waals surface area contributed by atoms with Crippen LogP contribution in [0, 0.1) is 0 Å². The SMILES string of the molecule is COCOc1ccc2cc(C(=O)OC)[nH]c2c1. The number of rotatable bonds is 4. The van der Waals surface area contributed by atoms with Gasteiger partial charge in [0.25, 0.3) is 0 Å². The molecule has 0 bridgehead atoms. The van der Waals surface area contributed by atoms with E-state index in [4.69, 9.17) is 9.47 Å². The third-order valence-corrected chi connectivity index (χ3v) is 2.34. The quantitative estimate of drug-likeness (QED) is 0.649. The first-order valence-corrected chi connectivity index (χ1v) is 5.07. The average molecular weight is 235 g/mol. The van der Waals surface area contributed by atoms with Crippen LogP contribution in [0.5, 0.6) is 5.75 Å². The maximum Gasteiger partial charge on any atom is 0.354 e. The topological polar surface area (TPSA) is 60.6 Å². The summed E-state index contributed by atoms with van der Waals surface area (Å²) in [5, 5.41) is 0.926. The highest BCUT2D eigenvalue weighted by Gasteiger charge is 2.09. The number of fused-ring (bicyclic) bond motifs is 1. The zero-order chi connectivity index (χ0) is 12.3. The summed E-state index contributed by atoms with van der Waals surface area (Å²) in [7, 11) is 2.91. The molecule has 0 saturated carbocycles. The molecule has 1 aromatic heterocycles. The van der Waals surface area contributed by atoms with Crippen LogP contribution in [-0.4, -0.2) is 32.0 Å². The van der Waals surface area contributed by atoms with E-state index >= 15 is 0 Å². The third kappa shape index (κ3) is 2.39. The molecule has 1 heterocycles. The van der Waals surface area contributed by atoms with Gasteiger partial charge >= 0.3 is 5.97 Å². The number of methoxy groups -OCH3 is 2. The van der Waals surface area contributed by atoms with Crippen LogP contribution in [0.1, 0.15) is 10.5 Å². The Morgan fingerprint density at radius 3 is 2.82 bits per heavy atom. The Bertz CT molecular complexity index is 532. The number of H-pyrrole nitrogens is 1. The summed E-state index contributed by atoms with van der Waals surface area (Å²) in [6, 6.07) is 7.22. The summed E-state index contributed by atoms with van der Waals surface area (Å²) in [6.45, 7) is 0.191. The van der Waals surface area contributed by atoms with E-state index in [1.807, 2.05) is 12.1 Å². The lowest BCUT2D eigenvalue weighted by Gasteiger charge is -2.03. The molecule has 0 amide bonds. The van der Waals surface area contributed by atoms with E-state index in [-0.39, 0.29) is 12.8 Å². The van der Waals surface area contributed by atoms with Gasteiger partial charge in [-0.1, -0.05) is 0 Å². The van der Waals surface area contributed by atoms with Gasteiger partial charge in [-0.05, 0) is 18.2 Å². The normalized spacial score (nSPS) is 10.5. The minimum absolute atomic E-state index is 0.191. The zero-order valence-corrected chi connectivity index (χ0v) is 9.65. The van der Waals surface area contributed by atoms with E-state index in [0.717, 1.165) is 10.9 Å². The minimum atomic E-state index is -0.388. The highest BCUT2D eigenvalue weighted by atomic mass is 16.7. The smallest absolute Gasteiger partial charge is 0.354 e. The summed E-state index contributed by atoms with van der Waals surface area (Å²) in [6.07, 6.45) is 0. The number of aromatic nitrogens is 1. The van der Waals surface area contributed by atoms with Crippen LogP contribution >= 0.6 is 0 Å². The molecule has 0 aliphatic rings. The molecule has 5 heteroatoms. The van der Waals surface area contributed by atoms with Crippen LogP contribution < -0.4 is 4.74 Å². The standard InChI is InChI=1S/C12H13NO4/c1-15-7-17-9-4-3-8-5-11(12(14)16-2)13-10(8)6-9/h3-6,13H,7H2,1-2H3. The van der Waals surface area contributed by atoms with Gasteiger partial charge < -0.3 is 19.2 Å². The Morgan fingerprint density at radius 2 is 2.12 bits per heavy atom. The molecule has 90 valence electrons. The van der Waals surface area contributed by atoms with Crippen LogP contribution in [0.2, 0.25) is 0 Å². The molecule has 2 aromatic rings. The second-order valence-electron chi connectivity index (χ2n) is 3.47. The number of carbonyl (C=O) groups excluding carboxylic acids is 1. The summed E-state index contributed by atoms with van der Waals surface area (Å²) in [4.78, 5) is 14.3. The lowest BCUT2D eigenvalue weighted by Crippen LogP contribution is -2.00. The van der Waals surface area contributed by atoms with Crippen LogP contribution in [-0.2, 0) is 9.47 Å². The van der Waals surface area contributed by atoms with Gasteiger partial charge in [-0.2, -0.15) is 0 Å². The van der Waals surface area contributed by atoms with E-state index < -0.39 is 0 Å². The highest BCUT2D eigenvalue weighted by molar-refractivity contribution is 5.95. The van der Waals surface area contributed by atoms with Gasteiger partial charge in [0.05, 0.1) is 7.11 Å². The van der Waals surface area contributed by atoms with Crippen molar-refractivity contribution in [3.8, 4) is 5.75 Å². The third-order valence-electron chi connectivity index (χ3n) is 2.34. The molecule has 17 heavy (non-hydrogen) atoms. The van der Waals surface area contributed by atoms with Gasteiger partial charge in [0.1, 0.15) is 11.4 Å². The van der Waals surface area contributed by atoms with Crippen molar-refractivity contribution in [3.05, 3.63) is 30.0 Å². The van der Waals surface area contributed by atoms with Crippen molar-refractivity contribution in [2.45, 2.75) is 0 Å². The summed E-state index contributed by atoms with van der Waals surface area (Å²) in [5.41, 5.74) is 1.24. The number of hydrogen-bond acceptors (Lipinski definition) is 4. The Morgan fingerprint density at radius 1 is 1.29 bits per heavy atom. The lowest BCUT2D eigenvalue weighted by atomic mass is 10.2. The van der Waals surface area contributed by atoms with Crippen LogP contribution in [0.4, 0.5) is 0 Å². The lowest BCUT2D eigenvalue weighted by molar-refractivity contribution is 0.0512. The van der Waals surface area contributed by atoms with E-state index in [1.54, 1.807) is 19.2 Å². The van der Waals surface area contributed by atoms with Crippen LogP contribution in [0.15, 0.2) is 24.3 Å². The maximum absolute atomic E-state index is 11.3. The van der Waals surface area contributed by atoms with Crippen molar-refractivity contribution < 1.29 is 19.0 Å². The van der Waals surface area contributed by atoms with E-state index in [2.05, 4.69) is 9.72 Å². The average Bonchev–Trinajstić information content (AvgIpc) is 2.78. The van der Waals surface area contributed by atoms with Gasteiger partial charge in [0.15, 0.2) is 6.79 Å². The van der Waals surface area contributed by atoms with Crippen molar-refractivity contribution in [1.82, 2.24) is 4.98 Å². The first kappa shape index (κ1) is 11.5. The molecule has 5 nitrogen and oxygen atoms in total. The van der Waals surface area contributed by atoms with Crippen molar-refractivity contribution in [2.24, 2.45) is 0 Å². The van der Waals surface area contributed by atoms with E-state index in [1.165, 1.54) is 7.11 Å². The van der Waals surface area contributed by atoms with Crippen molar-refractivity contribution in [3.63, 3.8) is 0 Å². The Labute approximate surface area is 98.3 Å². The molecule has 0 fully saturated rings. The number of esters is 1. The van der Waals surface area contributed by atoms with Gasteiger partial charge in [-0.25, -0.2) is 4.79 Å². The Hall–Kier alpha value is -2.01. The second kappa shape index (κ2) is 4.88. The number of aromatic amines is 1. The fourth-order valence-corrected chi connectivity index (χ4v) is 1.54. The predicted molar refractivity (Wildman–Crippen MR) is 62.1 cm³/mol. The molecule has 1 aromatic carbocycles. The zero-order valence-electron chi connectivity index (χ0n) is 9.65. The largest absolute Gasteiger partial charge is 0.467 e. The fraction of sp³-hybridized carbons (Fsp3) is 0.250. The van der Waals surface area contributed by atoms with Gasteiger partial charge in [0.2, 0.25) is 0 Å². The Balaban J connectivity index is 2.31. The first-order chi connectivity index (χ1) is 8.24. The molecule has 0 saturated heterocycles. The van der Waals surface area contributed by atoms with Gasteiger partial charge in [-0.3, -0.25) is 0 Å². The predicted octanol–water partition coefficient (Wildman–Crippen LogP) is 1.94. The monoisotopic (exact) mass is 235 g/mol. The molecule has 2 rings (SSSR count). The maximum atomic E-state index is 11.3. The Kier molecular flexibility index (Phi) is 3.30. The molecule has 0 aliphatic carbocycles. The number of carbonyl (C=O) groups is 1. The number of benzene rings is 1. The van der Waals surface area contributed by atoms with Crippen LogP contribution in [0.3, 0.4) is 0 Å². The molecule has 0 spiro atoms. The van der Waals surface area contributed by atoms with Crippen molar-refractivity contribution >= 4 is 16.9 Å². The van der Waals surface area contributed by atoms with Gasteiger partial charge in [0, 0.05) is 24.1 Å². The number of hydrogen-bond donors (Lipinski definition) is 1.